The Hall–Kier alpha value is -0.920. The molecule has 4 nitrogen and oxygen atoms in total. The van der Waals surface area contributed by atoms with Crippen LogP contribution < -0.4 is 4.74 Å². The smallest absolute Gasteiger partial charge is 0.346 e. The number of aromatic carboxylic acids is 1. The first-order chi connectivity index (χ1) is 7.15. The van der Waals surface area contributed by atoms with Gasteiger partial charge in [0.05, 0.1) is 0 Å². The monoisotopic (exact) mass is 305 g/mol. The van der Waals surface area contributed by atoms with Crippen molar-refractivity contribution in [3.63, 3.8) is 0 Å². The number of ether oxygens (including phenoxy) is 1. The third-order valence-electron chi connectivity index (χ3n) is 1.45. The molecule has 2 aromatic heterocycles. The molecule has 0 saturated heterocycles. The van der Waals surface area contributed by atoms with Gasteiger partial charge in [0.1, 0.15) is 15.2 Å². The van der Waals surface area contributed by atoms with Crippen molar-refractivity contribution in [2.75, 3.05) is 0 Å². The molecule has 78 valence electrons. The molecule has 0 spiro atoms. The van der Waals surface area contributed by atoms with E-state index in [1.165, 1.54) is 17.4 Å². The maximum absolute atomic E-state index is 10.6. The predicted octanol–water partition coefficient (Wildman–Crippen LogP) is 3.46. The zero-order chi connectivity index (χ0) is 10.8. The Morgan fingerprint density at radius 3 is 2.80 bits per heavy atom. The Balaban J connectivity index is 2.14. The quantitative estimate of drug-likeness (QED) is 0.943. The highest BCUT2D eigenvalue weighted by Gasteiger charge is 2.09. The third kappa shape index (κ3) is 2.55. The van der Waals surface area contributed by atoms with E-state index in [1.807, 2.05) is 0 Å². The van der Waals surface area contributed by atoms with Crippen molar-refractivity contribution in [2.24, 2.45) is 0 Å². The van der Waals surface area contributed by atoms with Crippen molar-refractivity contribution in [1.29, 1.82) is 0 Å². The van der Waals surface area contributed by atoms with Crippen molar-refractivity contribution < 1.29 is 14.6 Å². The number of rotatable bonds is 3. The van der Waals surface area contributed by atoms with E-state index in [-0.39, 0.29) is 4.88 Å². The Kier molecular flexibility index (Phi) is 3.03. The lowest BCUT2D eigenvalue weighted by Gasteiger charge is -1.95. The van der Waals surface area contributed by atoms with E-state index in [0.717, 1.165) is 11.3 Å². The number of hydrogen-bond donors (Lipinski definition) is 1. The van der Waals surface area contributed by atoms with Crippen LogP contribution in [0, 0.1) is 0 Å². The van der Waals surface area contributed by atoms with Crippen LogP contribution in [-0.2, 0) is 0 Å². The van der Waals surface area contributed by atoms with Crippen molar-refractivity contribution in [3.05, 3.63) is 26.3 Å². The molecule has 15 heavy (non-hydrogen) atoms. The van der Waals surface area contributed by atoms with Gasteiger partial charge >= 0.3 is 5.97 Å². The minimum Gasteiger partial charge on any atom is -0.477 e. The van der Waals surface area contributed by atoms with Crippen LogP contribution in [0.1, 0.15) is 9.67 Å². The molecule has 2 rings (SSSR count). The molecule has 2 heterocycles. The molecule has 0 aliphatic heterocycles. The lowest BCUT2D eigenvalue weighted by atomic mass is 10.4. The molecule has 1 N–H and O–H groups in total. The molecular formula is C8H4BrNO3S2. The Labute approximate surface area is 101 Å². The van der Waals surface area contributed by atoms with Crippen molar-refractivity contribution in [2.45, 2.75) is 0 Å². The Morgan fingerprint density at radius 1 is 1.47 bits per heavy atom. The number of hydrogen-bond acceptors (Lipinski definition) is 5. The summed E-state index contributed by atoms with van der Waals surface area (Å²) in [6, 6.07) is 1.47. The highest BCUT2D eigenvalue weighted by molar-refractivity contribution is 9.10. The number of carbonyl (C=O) groups is 1. The zero-order valence-electron chi connectivity index (χ0n) is 7.14. The average molecular weight is 306 g/mol. The van der Waals surface area contributed by atoms with E-state index in [4.69, 9.17) is 9.84 Å². The molecule has 0 aliphatic rings. The van der Waals surface area contributed by atoms with Gasteiger partial charge in [0.2, 0.25) is 0 Å². The number of nitrogens with zero attached hydrogens (tertiary/aromatic N) is 1. The number of thiophene rings is 1. The van der Waals surface area contributed by atoms with Crippen LogP contribution in [0.4, 0.5) is 0 Å². The first kappa shape index (κ1) is 10.6. The molecule has 0 saturated carbocycles. The minimum absolute atomic E-state index is 0.251. The SMILES string of the molecule is O=C(O)c1cc(Oc2nc(Br)cs2)cs1. The molecule has 0 unspecified atom stereocenters. The molecule has 0 aromatic carbocycles. The van der Waals surface area contributed by atoms with Crippen LogP contribution in [0.3, 0.4) is 0 Å². The van der Waals surface area contributed by atoms with Crippen molar-refractivity contribution in [1.82, 2.24) is 4.98 Å². The van der Waals surface area contributed by atoms with Crippen LogP contribution in [0.15, 0.2) is 21.4 Å². The summed E-state index contributed by atoms with van der Waals surface area (Å²) < 4.78 is 6.06. The summed E-state index contributed by atoms with van der Waals surface area (Å²) in [5, 5.41) is 12.6. The van der Waals surface area contributed by atoms with Gasteiger partial charge in [-0.3, -0.25) is 0 Å². The maximum atomic E-state index is 10.6. The molecule has 2 aromatic rings. The van der Waals surface area contributed by atoms with Crippen LogP contribution in [-0.4, -0.2) is 16.1 Å². The number of carboxylic acid groups (broad SMARTS) is 1. The average Bonchev–Trinajstić information content (AvgIpc) is 2.76. The van der Waals surface area contributed by atoms with Gasteiger partial charge in [0, 0.05) is 16.8 Å². The second kappa shape index (κ2) is 4.30. The summed E-state index contributed by atoms with van der Waals surface area (Å²) in [5.41, 5.74) is 0. The topological polar surface area (TPSA) is 59.4 Å². The number of halogens is 1. The van der Waals surface area contributed by atoms with Crippen LogP contribution in [0.25, 0.3) is 0 Å². The fourth-order valence-corrected chi connectivity index (χ4v) is 2.62. The third-order valence-corrected chi connectivity index (χ3v) is 3.77. The summed E-state index contributed by atoms with van der Waals surface area (Å²) >= 11 is 5.67. The molecular weight excluding hydrogens is 302 g/mol. The standard InChI is InChI=1S/C8H4BrNO3S2/c9-6-3-15-8(10-6)13-4-1-5(7(11)12)14-2-4/h1-3H,(H,11,12). The first-order valence-corrected chi connectivity index (χ1v) is 6.31. The fraction of sp³-hybridized carbons (Fsp3) is 0. The Morgan fingerprint density at radius 2 is 2.27 bits per heavy atom. The van der Waals surface area contributed by atoms with E-state index in [9.17, 15) is 4.79 Å². The highest BCUT2D eigenvalue weighted by atomic mass is 79.9. The van der Waals surface area contributed by atoms with Crippen molar-refractivity contribution in [3.8, 4) is 10.9 Å². The Bertz CT molecular complexity index is 494. The van der Waals surface area contributed by atoms with Gasteiger partial charge in [-0.15, -0.1) is 11.3 Å². The summed E-state index contributed by atoms with van der Waals surface area (Å²) in [7, 11) is 0. The van der Waals surface area contributed by atoms with Gasteiger partial charge in [-0.05, 0) is 15.9 Å². The van der Waals surface area contributed by atoms with E-state index in [1.54, 1.807) is 10.8 Å². The molecule has 0 radical (unpaired) electrons. The predicted molar refractivity (Wildman–Crippen MR) is 61.2 cm³/mol. The zero-order valence-corrected chi connectivity index (χ0v) is 10.4. The van der Waals surface area contributed by atoms with Gasteiger partial charge in [-0.25, -0.2) is 4.79 Å². The lowest BCUT2D eigenvalue weighted by Crippen LogP contribution is -1.90. The first-order valence-electron chi connectivity index (χ1n) is 3.76. The summed E-state index contributed by atoms with van der Waals surface area (Å²) in [6.45, 7) is 0. The molecule has 0 aliphatic carbocycles. The van der Waals surface area contributed by atoms with Crippen LogP contribution >= 0.6 is 38.6 Å². The van der Waals surface area contributed by atoms with E-state index in [2.05, 4.69) is 20.9 Å². The van der Waals surface area contributed by atoms with Gasteiger partial charge in [-0.1, -0.05) is 11.3 Å². The van der Waals surface area contributed by atoms with Crippen molar-refractivity contribution >= 4 is 44.6 Å². The van der Waals surface area contributed by atoms with Gasteiger partial charge in [0.25, 0.3) is 5.19 Å². The summed E-state index contributed by atoms with van der Waals surface area (Å²) in [5.74, 6) is -0.450. The number of carboxylic acids is 1. The lowest BCUT2D eigenvalue weighted by molar-refractivity contribution is 0.0702. The maximum Gasteiger partial charge on any atom is 0.346 e. The van der Waals surface area contributed by atoms with Gasteiger partial charge in [-0.2, -0.15) is 4.98 Å². The summed E-state index contributed by atoms with van der Waals surface area (Å²) in [4.78, 5) is 14.9. The molecule has 0 atom stereocenters. The normalized spacial score (nSPS) is 10.2. The van der Waals surface area contributed by atoms with Crippen LogP contribution in [0.2, 0.25) is 0 Å². The molecule has 0 bridgehead atoms. The largest absolute Gasteiger partial charge is 0.477 e. The number of aromatic nitrogens is 1. The fourth-order valence-electron chi connectivity index (χ4n) is 0.871. The summed E-state index contributed by atoms with van der Waals surface area (Å²) in [6.07, 6.45) is 0. The van der Waals surface area contributed by atoms with E-state index >= 15 is 0 Å². The second-order valence-electron chi connectivity index (χ2n) is 2.49. The van der Waals surface area contributed by atoms with Crippen LogP contribution in [0.5, 0.6) is 10.9 Å². The van der Waals surface area contributed by atoms with Gasteiger partial charge < -0.3 is 9.84 Å². The molecule has 0 fully saturated rings. The molecule has 0 amide bonds. The second-order valence-corrected chi connectivity index (χ2v) is 5.03. The van der Waals surface area contributed by atoms with E-state index in [0.29, 0.717) is 15.5 Å². The van der Waals surface area contributed by atoms with Gasteiger partial charge in [0.15, 0.2) is 0 Å². The minimum atomic E-state index is -0.949. The number of thiazole rings is 1. The van der Waals surface area contributed by atoms with E-state index < -0.39 is 5.97 Å². The highest BCUT2D eigenvalue weighted by Crippen LogP contribution is 2.30. The molecule has 7 heteroatoms.